The van der Waals surface area contributed by atoms with E-state index < -0.39 is 6.03 Å². The largest absolute Gasteiger partial charge is 0.464 e. The van der Waals surface area contributed by atoms with Gasteiger partial charge in [-0.2, -0.15) is 0 Å². The third-order valence-corrected chi connectivity index (χ3v) is 5.21. The number of anilines is 3. The molecule has 0 saturated heterocycles. The molecule has 1 aliphatic rings. The number of nitrogens with zero attached hydrogens (tertiary/aromatic N) is 2. The molecule has 0 aliphatic carbocycles. The van der Waals surface area contributed by atoms with Gasteiger partial charge in [-0.1, -0.05) is 22.0 Å². The van der Waals surface area contributed by atoms with E-state index in [9.17, 15) is 4.79 Å². The molecule has 3 aromatic rings. The third kappa shape index (κ3) is 3.19. The predicted octanol–water partition coefficient (Wildman–Crippen LogP) is 5.10. The number of carbonyl (C=O) groups is 1. The molecule has 4 rings (SSSR count). The van der Waals surface area contributed by atoms with Gasteiger partial charge in [-0.05, 0) is 55.5 Å². The zero-order valence-corrected chi connectivity index (χ0v) is 16.8. The van der Waals surface area contributed by atoms with E-state index in [1.165, 1.54) is 4.90 Å². The van der Waals surface area contributed by atoms with Crippen LogP contribution in [0.4, 0.5) is 21.9 Å². The Bertz CT molecular complexity index is 1060. The molecule has 7 heteroatoms. The highest BCUT2D eigenvalue weighted by Crippen LogP contribution is 2.37. The van der Waals surface area contributed by atoms with Crippen LogP contribution in [0, 0.1) is 0 Å². The molecule has 1 unspecified atom stereocenters. The van der Waals surface area contributed by atoms with Gasteiger partial charge < -0.3 is 20.8 Å². The average molecular weight is 439 g/mol. The van der Waals surface area contributed by atoms with Crippen molar-refractivity contribution in [3.05, 3.63) is 82.4 Å². The Morgan fingerprint density at radius 1 is 1.14 bits per heavy atom. The number of primary amides is 1. The second-order valence-corrected chi connectivity index (χ2v) is 7.43. The Kier molecular flexibility index (Phi) is 4.70. The second-order valence-electron chi connectivity index (χ2n) is 6.51. The van der Waals surface area contributed by atoms with Crippen molar-refractivity contribution in [2.45, 2.75) is 13.1 Å². The molecule has 0 spiro atoms. The number of urea groups is 1. The molecule has 1 aliphatic heterocycles. The molecule has 1 atom stereocenters. The summed E-state index contributed by atoms with van der Waals surface area (Å²) >= 11 is 3.43. The van der Waals surface area contributed by atoms with Crippen molar-refractivity contribution in [3.63, 3.8) is 0 Å². The van der Waals surface area contributed by atoms with E-state index in [0.29, 0.717) is 11.4 Å². The van der Waals surface area contributed by atoms with Crippen molar-refractivity contribution in [3.8, 4) is 0 Å². The number of amides is 2. The van der Waals surface area contributed by atoms with Gasteiger partial charge in [0.05, 0.1) is 17.6 Å². The number of allylic oxidation sites excluding steroid dienone is 1. The van der Waals surface area contributed by atoms with Crippen molar-refractivity contribution in [1.29, 1.82) is 0 Å². The van der Waals surface area contributed by atoms with E-state index in [0.717, 1.165) is 27.2 Å². The smallest absolute Gasteiger partial charge is 0.323 e. The standard InChI is InChI=1S/C21H19BrN4O2/c1-13-11-19-18(9-10-28-19)20(23)25(13)15-5-7-16(8-6-15)26(21(24)27)17-4-2-3-14(22)12-17/h2-12,20H,23H2,1H3,(H2,24,27). The van der Waals surface area contributed by atoms with Crippen LogP contribution in [0.2, 0.25) is 0 Å². The van der Waals surface area contributed by atoms with Crippen molar-refractivity contribution in [2.24, 2.45) is 11.5 Å². The summed E-state index contributed by atoms with van der Waals surface area (Å²) in [7, 11) is 0. The fourth-order valence-corrected chi connectivity index (χ4v) is 3.84. The van der Waals surface area contributed by atoms with E-state index in [4.69, 9.17) is 15.9 Å². The van der Waals surface area contributed by atoms with Crippen LogP contribution in [0.1, 0.15) is 24.4 Å². The minimum Gasteiger partial charge on any atom is -0.464 e. The molecule has 28 heavy (non-hydrogen) atoms. The zero-order chi connectivity index (χ0) is 19.8. The van der Waals surface area contributed by atoms with Gasteiger partial charge in [-0.15, -0.1) is 0 Å². The molecule has 2 amide bonds. The Balaban J connectivity index is 1.68. The van der Waals surface area contributed by atoms with E-state index in [2.05, 4.69) is 15.9 Å². The lowest BCUT2D eigenvalue weighted by molar-refractivity contribution is 0.256. The first-order chi connectivity index (χ1) is 13.5. The van der Waals surface area contributed by atoms with Gasteiger partial charge in [-0.3, -0.25) is 4.90 Å². The Morgan fingerprint density at radius 2 is 1.89 bits per heavy atom. The number of rotatable bonds is 3. The van der Waals surface area contributed by atoms with Crippen molar-refractivity contribution < 1.29 is 9.21 Å². The number of hydrogen-bond donors (Lipinski definition) is 2. The number of benzene rings is 2. The summed E-state index contributed by atoms with van der Waals surface area (Å²) in [5.41, 5.74) is 16.3. The number of nitrogens with two attached hydrogens (primary N) is 2. The molecular formula is C21H19BrN4O2. The quantitative estimate of drug-likeness (QED) is 0.595. The minimum absolute atomic E-state index is 0.345. The van der Waals surface area contributed by atoms with Gasteiger partial charge in [-0.25, -0.2) is 4.79 Å². The number of furan rings is 1. The molecule has 6 nitrogen and oxygen atoms in total. The summed E-state index contributed by atoms with van der Waals surface area (Å²) in [6.07, 6.45) is 3.26. The van der Waals surface area contributed by atoms with Gasteiger partial charge in [0.25, 0.3) is 0 Å². The van der Waals surface area contributed by atoms with Crippen LogP contribution in [-0.4, -0.2) is 6.03 Å². The van der Waals surface area contributed by atoms with Crippen LogP contribution < -0.4 is 21.3 Å². The molecule has 2 aromatic carbocycles. The highest BCUT2D eigenvalue weighted by Gasteiger charge is 2.27. The van der Waals surface area contributed by atoms with Gasteiger partial charge in [0, 0.05) is 27.5 Å². The van der Waals surface area contributed by atoms with Crippen molar-refractivity contribution in [1.82, 2.24) is 0 Å². The Hall–Kier alpha value is -3.03. The average Bonchev–Trinajstić information content (AvgIpc) is 3.11. The van der Waals surface area contributed by atoms with E-state index in [1.54, 1.807) is 6.26 Å². The van der Waals surface area contributed by atoms with Crippen molar-refractivity contribution in [2.75, 3.05) is 9.80 Å². The number of hydrogen-bond acceptors (Lipinski definition) is 4. The monoisotopic (exact) mass is 438 g/mol. The van der Waals surface area contributed by atoms with Gasteiger partial charge >= 0.3 is 6.03 Å². The van der Waals surface area contributed by atoms with Crippen LogP contribution in [0.5, 0.6) is 0 Å². The number of fused-ring (bicyclic) bond motifs is 1. The minimum atomic E-state index is -0.556. The number of carbonyl (C=O) groups excluding carboxylic acids is 1. The summed E-state index contributed by atoms with van der Waals surface area (Å²) in [6.45, 7) is 1.98. The fraction of sp³-hybridized carbons (Fsp3) is 0.0952. The van der Waals surface area contributed by atoms with Crippen LogP contribution in [0.15, 0.2) is 75.4 Å². The SMILES string of the molecule is CC1=Cc2occc2C(N)N1c1ccc(N(C(N)=O)c2cccc(Br)c2)cc1. The van der Waals surface area contributed by atoms with Crippen LogP contribution in [0.3, 0.4) is 0 Å². The highest BCUT2D eigenvalue weighted by atomic mass is 79.9. The maximum atomic E-state index is 12.1. The lowest BCUT2D eigenvalue weighted by atomic mass is 10.1. The molecular weight excluding hydrogens is 420 g/mol. The zero-order valence-electron chi connectivity index (χ0n) is 15.2. The summed E-state index contributed by atoms with van der Waals surface area (Å²) in [6, 6.07) is 16.3. The van der Waals surface area contributed by atoms with E-state index in [1.807, 2.05) is 72.5 Å². The first-order valence-corrected chi connectivity index (χ1v) is 9.50. The summed E-state index contributed by atoms with van der Waals surface area (Å²) in [4.78, 5) is 15.6. The molecule has 0 bridgehead atoms. The number of halogens is 1. The summed E-state index contributed by atoms with van der Waals surface area (Å²) < 4.78 is 6.34. The molecule has 2 heterocycles. The first kappa shape index (κ1) is 18.3. The molecule has 142 valence electrons. The highest BCUT2D eigenvalue weighted by molar-refractivity contribution is 9.10. The maximum absolute atomic E-state index is 12.1. The Labute approximate surface area is 171 Å². The summed E-state index contributed by atoms with van der Waals surface area (Å²) in [5, 5.41) is 0. The summed E-state index contributed by atoms with van der Waals surface area (Å²) in [5.74, 6) is 0.785. The van der Waals surface area contributed by atoms with Crippen LogP contribution in [0.25, 0.3) is 6.08 Å². The fourth-order valence-electron chi connectivity index (χ4n) is 3.46. The van der Waals surface area contributed by atoms with Gasteiger partial charge in [0.1, 0.15) is 11.9 Å². The van der Waals surface area contributed by atoms with Crippen LogP contribution in [-0.2, 0) is 0 Å². The Morgan fingerprint density at radius 3 is 2.57 bits per heavy atom. The van der Waals surface area contributed by atoms with E-state index >= 15 is 0 Å². The first-order valence-electron chi connectivity index (χ1n) is 8.71. The van der Waals surface area contributed by atoms with Gasteiger partial charge in [0.15, 0.2) is 0 Å². The molecule has 0 saturated carbocycles. The van der Waals surface area contributed by atoms with Crippen LogP contribution >= 0.6 is 15.9 Å². The maximum Gasteiger partial charge on any atom is 0.323 e. The lowest BCUT2D eigenvalue weighted by Crippen LogP contribution is -2.35. The van der Waals surface area contributed by atoms with E-state index in [-0.39, 0.29) is 6.17 Å². The molecule has 0 fully saturated rings. The molecule has 1 aromatic heterocycles. The topological polar surface area (TPSA) is 88.7 Å². The lowest BCUT2D eigenvalue weighted by Gasteiger charge is -2.34. The molecule has 4 N–H and O–H groups in total. The molecule has 0 radical (unpaired) electrons. The second kappa shape index (κ2) is 7.18. The predicted molar refractivity (Wildman–Crippen MR) is 114 cm³/mol. The third-order valence-electron chi connectivity index (χ3n) is 4.72. The van der Waals surface area contributed by atoms with Crippen molar-refractivity contribution >= 4 is 45.1 Å². The van der Waals surface area contributed by atoms with Gasteiger partial charge in [0.2, 0.25) is 0 Å². The normalized spacial score (nSPS) is 15.8.